The molecule has 4 heterocycles. The van der Waals surface area contributed by atoms with Gasteiger partial charge in [0.1, 0.15) is 11.9 Å². The van der Waals surface area contributed by atoms with E-state index in [2.05, 4.69) is 39.1 Å². The second-order valence-electron chi connectivity index (χ2n) is 9.44. The molecule has 1 saturated heterocycles. The topological polar surface area (TPSA) is 44.0 Å². The molecule has 192 valence electrons. The van der Waals surface area contributed by atoms with Gasteiger partial charge in [-0.2, -0.15) is 13.2 Å². The van der Waals surface area contributed by atoms with Gasteiger partial charge < -0.3 is 19.2 Å². The van der Waals surface area contributed by atoms with Crippen LogP contribution in [-0.4, -0.2) is 39.5 Å². The maximum Gasteiger partial charge on any atom is 0.389 e. The van der Waals surface area contributed by atoms with E-state index in [0.29, 0.717) is 12.2 Å². The zero-order chi connectivity index (χ0) is 25.1. The Morgan fingerprint density at radius 1 is 1.11 bits per heavy atom. The fourth-order valence-electron chi connectivity index (χ4n) is 4.79. The van der Waals surface area contributed by atoms with E-state index in [-0.39, 0.29) is 12.5 Å². The molecule has 1 aliphatic heterocycles. The molecule has 0 saturated carbocycles. The van der Waals surface area contributed by atoms with Crippen molar-refractivity contribution in [1.29, 1.82) is 0 Å². The molecule has 5 nitrogen and oxygen atoms in total. The number of thiophene rings is 1. The number of benzene rings is 1. The number of nitrogens with one attached hydrogen (secondary N) is 1. The third-order valence-corrected chi connectivity index (χ3v) is 7.61. The third-order valence-electron chi connectivity index (χ3n) is 6.76. The number of imidazole rings is 1. The normalized spacial score (nSPS) is 15.1. The first-order valence-electron chi connectivity index (χ1n) is 12.5. The molecule has 0 aliphatic carbocycles. The van der Waals surface area contributed by atoms with Gasteiger partial charge in [-0.1, -0.05) is 12.1 Å². The lowest BCUT2D eigenvalue weighted by atomic mass is 10.1. The summed E-state index contributed by atoms with van der Waals surface area (Å²) in [5, 5.41) is 5.39. The summed E-state index contributed by atoms with van der Waals surface area (Å²) in [6.07, 6.45) is 0.673. The fraction of sp³-hybridized carbons (Fsp3) is 0.444. The monoisotopic (exact) mass is 516 g/mol. The number of hydrogen-bond donors (Lipinski definition) is 1. The fourth-order valence-corrected chi connectivity index (χ4v) is 5.64. The molecule has 1 N–H and O–H groups in total. The molecule has 0 spiro atoms. The summed E-state index contributed by atoms with van der Waals surface area (Å²) >= 11 is 1.65. The molecule has 0 atom stereocenters. The second kappa shape index (κ2) is 10.7. The highest BCUT2D eigenvalue weighted by Crippen LogP contribution is 2.31. The van der Waals surface area contributed by atoms with Crippen LogP contribution in [0.4, 0.5) is 13.2 Å². The molecule has 9 heteroatoms. The average Bonchev–Trinajstić information content (AvgIpc) is 3.55. The van der Waals surface area contributed by atoms with Crippen molar-refractivity contribution >= 4 is 21.6 Å². The number of fused-ring (bicyclic) bond motifs is 1. The van der Waals surface area contributed by atoms with Crippen LogP contribution in [0, 0.1) is 0 Å². The Morgan fingerprint density at radius 2 is 1.89 bits per heavy atom. The number of alkyl halides is 3. The van der Waals surface area contributed by atoms with Gasteiger partial charge in [0.25, 0.3) is 0 Å². The lowest BCUT2D eigenvalue weighted by molar-refractivity contribution is -0.134. The number of nitrogens with zero attached hydrogens (tertiary/aromatic N) is 3. The van der Waals surface area contributed by atoms with E-state index in [1.54, 1.807) is 17.5 Å². The smallest absolute Gasteiger partial charge is 0.389 e. The van der Waals surface area contributed by atoms with E-state index in [9.17, 15) is 13.2 Å². The van der Waals surface area contributed by atoms with Gasteiger partial charge in [-0.25, -0.2) is 4.98 Å². The van der Waals surface area contributed by atoms with Gasteiger partial charge >= 0.3 is 6.18 Å². The van der Waals surface area contributed by atoms with E-state index in [1.165, 1.54) is 5.56 Å². The molecule has 0 bridgehead atoms. The van der Waals surface area contributed by atoms with Gasteiger partial charge in [-0.05, 0) is 80.4 Å². The van der Waals surface area contributed by atoms with Crippen LogP contribution >= 0.6 is 11.3 Å². The Morgan fingerprint density at radius 3 is 2.61 bits per heavy atom. The highest BCUT2D eigenvalue weighted by molar-refractivity contribution is 7.17. The molecule has 1 aliphatic rings. The molecule has 0 amide bonds. The number of hydrogen-bond acceptors (Lipinski definition) is 4. The first-order valence-corrected chi connectivity index (χ1v) is 13.4. The number of piperidine rings is 1. The van der Waals surface area contributed by atoms with Gasteiger partial charge in [0.15, 0.2) is 5.82 Å². The van der Waals surface area contributed by atoms with Crippen molar-refractivity contribution in [1.82, 2.24) is 19.4 Å². The van der Waals surface area contributed by atoms with Crippen LogP contribution in [0.25, 0.3) is 21.7 Å². The van der Waals surface area contributed by atoms with Crippen molar-refractivity contribution in [3.05, 3.63) is 59.2 Å². The van der Waals surface area contributed by atoms with Crippen molar-refractivity contribution in [3.63, 3.8) is 0 Å². The van der Waals surface area contributed by atoms with E-state index in [1.807, 2.05) is 29.1 Å². The first-order chi connectivity index (χ1) is 17.4. The minimum Gasteiger partial charge on any atom is -0.490 e. The van der Waals surface area contributed by atoms with Crippen LogP contribution in [0.3, 0.4) is 0 Å². The minimum absolute atomic E-state index is 0.110. The Balaban J connectivity index is 1.26. The highest BCUT2D eigenvalue weighted by Gasteiger charge is 2.27. The standard InChI is InChI=1S/C27H31F3N4OS/c1-33-23-11-16-36-25(23)17-24(33)26-32-20(8-12-27(28,29)30)18-34(26)15-2-3-19-4-6-21(7-5-19)35-22-9-13-31-14-10-22/h4-7,11,16-18,22,31H,2-3,8-10,12-15H2,1H3. The van der Waals surface area contributed by atoms with E-state index in [0.717, 1.165) is 66.3 Å². The Kier molecular flexibility index (Phi) is 7.39. The summed E-state index contributed by atoms with van der Waals surface area (Å²) in [5.41, 5.74) is 3.72. The van der Waals surface area contributed by atoms with Gasteiger partial charge in [-0.15, -0.1) is 11.3 Å². The quantitative estimate of drug-likeness (QED) is 0.282. The maximum atomic E-state index is 12.8. The molecule has 0 unspecified atom stereocenters. The predicted octanol–water partition coefficient (Wildman–Crippen LogP) is 6.36. The van der Waals surface area contributed by atoms with E-state index in [4.69, 9.17) is 4.74 Å². The lowest BCUT2D eigenvalue weighted by Crippen LogP contribution is -2.34. The zero-order valence-corrected chi connectivity index (χ0v) is 21.2. The summed E-state index contributed by atoms with van der Waals surface area (Å²) in [6, 6.07) is 12.4. The molecule has 3 aromatic heterocycles. The molecule has 36 heavy (non-hydrogen) atoms. The number of rotatable bonds is 9. The summed E-state index contributed by atoms with van der Waals surface area (Å²) < 4.78 is 49.8. The number of halogens is 3. The maximum absolute atomic E-state index is 12.8. The summed E-state index contributed by atoms with van der Waals surface area (Å²) in [5.74, 6) is 1.63. The highest BCUT2D eigenvalue weighted by atomic mass is 32.1. The van der Waals surface area contributed by atoms with E-state index < -0.39 is 12.6 Å². The molecule has 4 aromatic rings. The molecular weight excluding hydrogens is 485 g/mol. The zero-order valence-electron chi connectivity index (χ0n) is 20.4. The molecule has 0 radical (unpaired) electrons. The molecule has 1 aromatic carbocycles. The van der Waals surface area contributed by atoms with Crippen LogP contribution in [0.5, 0.6) is 5.75 Å². The van der Waals surface area contributed by atoms with Crippen LogP contribution < -0.4 is 10.1 Å². The van der Waals surface area contributed by atoms with Crippen molar-refractivity contribution in [2.24, 2.45) is 7.05 Å². The first kappa shape index (κ1) is 24.9. The largest absolute Gasteiger partial charge is 0.490 e. The summed E-state index contributed by atoms with van der Waals surface area (Å²) in [7, 11) is 1.98. The molecule has 1 fully saturated rings. The van der Waals surface area contributed by atoms with Crippen molar-refractivity contribution in [3.8, 4) is 17.3 Å². The summed E-state index contributed by atoms with van der Waals surface area (Å²) in [6.45, 7) is 2.68. The van der Waals surface area contributed by atoms with E-state index >= 15 is 0 Å². The Labute approximate surface area is 212 Å². The van der Waals surface area contributed by atoms with Crippen LogP contribution in [0.2, 0.25) is 0 Å². The van der Waals surface area contributed by atoms with Crippen molar-refractivity contribution in [2.45, 2.75) is 57.3 Å². The SMILES string of the molecule is Cn1c(-c2nc(CCC(F)(F)F)cn2CCCc2ccc(OC3CCNCC3)cc2)cc2sccc21. The van der Waals surface area contributed by atoms with Gasteiger partial charge in [0.05, 0.1) is 21.6 Å². The van der Waals surface area contributed by atoms with Crippen LogP contribution in [0.15, 0.2) is 48.0 Å². The summed E-state index contributed by atoms with van der Waals surface area (Å²) in [4.78, 5) is 4.64. The number of ether oxygens (including phenoxy) is 1. The Hall–Kier alpha value is -2.78. The van der Waals surface area contributed by atoms with Gasteiger partial charge in [-0.3, -0.25) is 0 Å². The average molecular weight is 517 g/mol. The molecule has 5 rings (SSSR count). The lowest BCUT2D eigenvalue weighted by Gasteiger charge is -2.23. The third kappa shape index (κ3) is 5.95. The predicted molar refractivity (Wildman–Crippen MR) is 138 cm³/mol. The minimum atomic E-state index is -4.19. The van der Waals surface area contributed by atoms with Crippen LogP contribution in [-0.2, 0) is 26.4 Å². The second-order valence-corrected chi connectivity index (χ2v) is 10.4. The number of aromatic nitrogens is 3. The molecular formula is C27H31F3N4OS. The number of aryl methyl sites for hydroxylation is 4. The van der Waals surface area contributed by atoms with Crippen LogP contribution in [0.1, 0.15) is 36.9 Å². The Bertz CT molecular complexity index is 1280. The van der Waals surface area contributed by atoms with Crippen molar-refractivity contribution in [2.75, 3.05) is 13.1 Å². The van der Waals surface area contributed by atoms with Gasteiger partial charge in [0, 0.05) is 26.2 Å². The van der Waals surface area contributed by atoms with Gasteiger partial charge in [0.2, 0.25) is 0 Å². The van der Waals surface area contributed by atoms with Crippen molar-refractivity contribution < 1.29 is 17.9 Å².